The Morgan fingerprint density at radius 3 is 2.76 bits per heavy atom. The Morgan fingerprint density at radius 2 is 2.03 bits per heavy atom. The number of amides is 1. The molecule has 2 heterocycles. The van der Waals surface area contributed by atoms with Crippen LogP contribution < -0.4 is 10.1 Å². The molecule has 11 heteroatoms. The molecule has 0 aliphatic carbocycles. The average molecular weight is 470 g/mol. The van der Waals surface area contributed by atoms with Crippen LogP contribution in [0.5, 0.6) is 5.75 Å². The van der Waals surface area contributed by atoms with Crippen LogP contribution in [0, 0.1) is 10.1 Å². The normalized spacial score (nSPS) is 13.5. The van der Waals surface area contributed by atoms with Gasteiger partial charge in [-0.05, 0) is 18.2 Å². The molecule has 170 valence electrons. The third-order valence-corrected chi connectivity index (χ3v) is 5.34. The van der Waals surface area contributed by atoms with Crippen LogP contribution in [0.1, 0.15) is 10.4 Å². The van der Waals surface area contributed by atoms with E-state index >= 15 is 0 Å². The number of non-ortho nitro benzene ring substituents is 1. The molecule has 0 atom stereocenters. The SMILES string of the molecule is COc1cc(C(=O)N2CCOCC2)ccc1Nc1ncc(Cl)c(-c2cccc([N+](=O)[O-])c2)n1. The van der Waals surface area contributed by atoms with Gasteiger partial charge in [-0.2, -0.15) is 0 Å². The van der Waals surface area contributed by atoms with E-state index in [1.807, 2.05) is 0 Å². The highest BCUT2D eigenvalue weighted by molar-refractivity contribution is 6.32. The molecule has 0 saturated carbocycles. The number of hydrogen-bond acceptors (Lipinski definition) is 8. The zero-order valence-corrected chi connectivity index (χ0v) is 18.4. The molecule has 4 rings (SSSR count). The first-order chi connectivity index (χ1) is 16.0. The molecule has 33 heavy (non-hydrogen) atoms. The lowest BCUT2D eigenvalue weighted by molar-refractivity contribution is -0.384. The maximum atomic E-state index is 12.8. The van der Waals surface area contributed by atoms with Crippen molar-refractivity contribution >= 4 is 34.8 Å². The summed E-state index contributed by atoms with van der Waals surface area (Å²) in [7, 11) is 1.50. The van der Waals surface area contributed by atoms with Gasteiger partial charge in [0.15, 0.2) is 0 Å². The molecule has 0 unspecified atom stereocenters. The molecule has 1 amide bonds. The van der Waals surface area contributed by atoms with Crippen molar-refractivity contribution < 1.29 is 19.2 Å². The smallest absolute Gasteiger partial charge is 0.270 e. The molecule has 0 spiro atoms. The van der Waals surface area contributed by atoms with Gasteiger partial charge in [0.05, 0.1) is 47.8 Å². The minimum Gasteiger partial charge on any atom is -0.495 e. The van der Waals surface area contributed by atoms with E-state index in [9.17, 15) is 14.9 Å². The quantitative estimate of drug-likeness (QED) is 0.426. The van der Waals surface area contributed by atoms with Crippen molar-refractivity contribution in [3.63, 3.8) is 0 Å². The summed E-state index contributed by atoms with van der Waals surface area (Å²) in [5.74, 6) is 0.551. The molecule has 0 radical (unpaired) electrons. The van der Waals surface area contributed by atoms with E-state index in [1.54, 1.807) is 35.2 Å². The van der Waals surface area contributed by atoms with E-state index in [1.165, 1.54) is 25.4 Å². The largest absolute Gasteiger partial charge is 0.495 e. The minimum atomic E-state index is -0.484. The number of nitro groups is 1. The fourth-order valence-corrected chi connectivity index (χ4v) is 3.59. The molecule has 3 aromatic rings. The Morgan fingerprint density at radius 1 is 1.24 bits per heavy atom. The van der Waals surface area contributed by atoms with E-state index in [4.69, 9.17) is 21.1 Å². The first-order valence-corrected chi connectivity index (χ1v) is 10.4. The van der Waals surface area contributed by atoms with E-state index in [2.05, 4.69) is 15.3 Å². The number of aromatic nitrogens is 2. The zero-order valence-electron chi connectivity index (χ0n) is 17.7. The molecule has 1 N–H and O–H groups in total. The maximum absolute atomic E-state index is 12.8. The number of carbonyl (C=O) groups is 1. The molecule has 1 aliphatic heterocycles. The van der Waals surface area contributed by atoms with Crippen LogP contribution in [0.4, 0.5) is 17.3 Å². The number of rotatable bonds is 6. The van der Waals surface area contributed by atoms with E-state index in [0.29, 0.717) is 54.6 Å². The molecule has 1 saturated heterocycles. The highest BCUT2D eigenvalue weighted by Gasteiger charge is 2.20. The van der Waals surface area contributed by atoms with Crippen LogP contribution in [0.15, 0.2) is 48.7 Å². The minimum absolute atomic E-state index is 0.0705. The molecular weight excluding hydrogens is 450 g/mol. The lowest BCUT2D eigenvalue weighted by atomic mass is 10.1. The molecule has 1 aliphatic rings. The first kappa shape index (κ1) is 22.4. The molecule has 1 aromatic heterocycles. The van der Waals surface area contributed by atoms with Crippen molar-refractivity contribution in [2.45, 2.75) is 0 Å². The number of anilines is 2. The Labute approximate surface area is 194 Å². The van der Waals surface area contributed by atoms with Crippen LogP contribution in [0.3, 0.4) is 0 Å². The van der Waals surface area contributed by atoms with Crippen LogP contribution in [-0.2, 0) is 4.74 Å². The standard InChI is InChI=1S/C22H20ClN5O5/c1-32-19-12-15(21(29)27-7-9-33-10-8-27)5-6-18(19)25-22-24-13-17(23)20(26-22)14-3-2-4-16(11-14)28(30)31/h2-6,11-13H,7-10H2,1H3,(H,24,25,26). The van der Waals surface area contributed by atoms with Gasteiger partial charge in [-0.1, -0.05) is 23.7 Å². The summed E-state index contributed by atoms with van der Waals surface area (Å²) < 4.78 is 10.8. The van der Waals surface area contributed by atoms with Crippen LogP contribution >= 0.6 is 11.6 Å². The Balaban J connectivity index is 1.60. The van der Waals surface area contributed by atoms with Crippen LogP contribution in [-0.4, -0.2) is 59.1 Å². The highest BCUT2D eigenvalue weighted by Crippen LogP contribution is 2.32. The van der Waals surface area contributed by atoms with E-state index < -0.39 is 4.92 Å². The van der Waals surface area contributed by atoms with E-state index in [0.717, 1.165) is 0 Å². The van der Waals surface area contributed by atoms with Gasteiger partial charge in [0.2, 0.25) is 5.95 Å². The lowest BCUT2D eigenvalue weighted by Crippen LogP contribution is -2.40. The molecule has 0 bridgehead atoms. The zero-order chi connectivity index (χ0) is 23.4. The maximum Gasteiger partial charge on any atom is 0.270 e. The van der Waals surface area contributed by atoms with Crippen molar-refractivity contribution in [3.05, 3.63) is 69.4 Å². The third kappa shape index (κ3) is 5.02. The van der Waals surface area contributed by atoms with Gasteiger partial charge < -0.3 is 19.7 Å². The first-order valence-electron chi connectivity index (χ1n) is 10.1. The number of nitrogens with one attached hydrogen (secondary N) is 1. The second-order valence-corrected chi connectivity index (χ2v) is 7.55. The number of ether oxygens (including phenoxy) is 2. The molecule has 2 aromatic carbocycles. The second-order valence-electron chi connectivity index (χ2n) is 7.14. The number of morpholine rings is 1. The third-order valence-electron chi connectivity index (χ3n) is 5.07. The lowest BCUT2D eigenvalue weighted by Gasteiger charge is -2.27. The fourth-order valence-electron chi connectivity index (χ4n) is 3.39. The summed E-state index contributed by atoms with van der Waals surface area (Å²) in [6, 6.07) is 11.1. The van der Waals surface area contributed by atoms with Crippen molar-refractivity contribution in [2.24, 2.45) is 0 Å². The highest BCUT2D eigenvalue weighted by atomic mass is 35.5. The molecule has 1 fully saturated rings. The summed E-state index contributed by atoms with van der Waals surface area (Å²) >= 11 is 6.26. The molecule has 10 nitrogen and oxygen atoms in total. The monoisotopic (exact) mass is 469 g/mol. The van der Waals surface area contributed by atoms with Gasteiger partial charge >= 0.3 is 0 Å². The molecular formula is C22H20ClN5O5. The summed E-state index contributed by atoms with van der Waals surface area (Å²) in [5, 5.41) is 14.4. The summed E-state index contributed by atoms with van der Waals surface area (Å²) in [5.41, 5.74) is 1.80. The van der Waals surface area contributed by atoms with Crippen LogP contribution in [0.25, 0.3) is 11.3 Å². The average Bonchev–Trinajstić information content (AvgIpc) is 2.85. The number of halogens is 1. The predicted molar refractivity (Wildman–Crippen MR) is 122 cm³/mol. The summed E-state index contributed by atoms with van der Waals surface area (Å²) in [6.07, 6.45) is 1.41. The number of nitro benzene ring substituents is 1. The Hall–Kier alpha value is -3.76. The van der Waals surface area contributed by atoms with Gasteiger partial charge in [0, 0.05) is 36.3 Å². The fraction of sp³-hybridized carbons (Fsp3) is 0.227. The number of methoxy groups -OCH3 is 1. The Bertz CT molecular complexity index is 1200. The second kappa shape index (κ2) is 9.80. The topological polar surface area (TPSA) is 120 Å². The number of benzene rings is 2. The van der Waals surface area contributed by atoms with Gasteiger partial charge in [0.25, 0.3) is 11.6 Å². The van der Waals surface area contributed by atoms with Crippen molar-refractivity contribution in [1.29, 1.82) is 0 Å². The van der Waals surface area contributed by atoms with Gasteiger partial charge in [0.1, 0.15) is 5.75 Å². The number of hydrogen-bond donors (Lipinski definition) is 1. The summed E-state index contributed by atoms with van der Waals surface area (Å²) in [6.45, 7) is 2.12. The number of carbonyl (C=O) groups excluding carboxylic acids is 1. The van der Waals surface area contributed by atoms with E-state index in [-0.39, 0.29) is 22.6 Å². The van der Waals surface area contributed by atoms with Crippen molar-refractivity contribution in [3.8, 4) is 17.0 Å². The van der Waals surface area contributed by atoms with Gasteiger partial charge in [-0.15, -0.1) is 0 Å². The summed E-state index contributed by atoms with van der Waals surface area (Å²) in [4.78, 5) is 33.7. The van der Waals surface area contributed by atoms with Crippen molar-refractivity contribution in [1.82, 2.24) is 14.9 Å². The van der Waals surface area contributed by atoms with Crippen molar-refractivity contribution in [2.75, 3.05) is 38.7 Å². The Kier molecular flexibility index (Phi) is 6.66. The van der Waals surface area contributed by atoms with Gasteiger partial charge in [-0.3, -0.25) is 14.9 Å². The predicted octanol–water partition coefficient (Wildman–Crippen LogP) is 3.93. The van der Waals surface area contributed by atoms with Crippen LogP contribution in [0.2, 0.25) is 5.02 Å². The van der Waals surface area contributed by atoms with Gasteiger partial charge in [-0.25, -0.2) is 9.97 Å². The number of nitrogens with zero attached hydrogens (tertiary/aromatic N) is 4.